The van der Waals surface area contributed by atoms with Crippen molar-refractivity contribution < 1.29 is 24.2 Å². The number of benzene rings is 1. The molecule has 3 unspecified atom stereocenters. The molecular weight excluding hydrogens is 446 g/mol. The van der Waals surface area contributed by atoms with Gasteiger partial charge in [-0.25, -0.2) is 4.79 Å². The lowest BCUT2D eigenvalue weighted by molar-refractivity contribution is -0.145. The Morgan fingerprint density at radius 3 is 2.31 bits per heavy atom. The molecule has 3 atom stereocenters. The van der Waals surface area contributed by atoms with Gasteiger partial charge in [-0.05, 0) is 65.5 Å². The Labute approximate surface area is 210 Å². The summed E-state index contributed by atoms with van der Waals surface area (Å²) in [4.78, 5) is 41.2. The number of unbranched alkanes of at least 4 members (excludes halogenated alkanes) is 2. The highest BCUT2D eigenvalue weighted by molar-refractivity contribution is 5.92. The molecule has 0 aliphatic heterocycles. The van der Waals surface area contributed by atoms with Crippen molar-refractivity contribution in [2.75, 3.05) is 13.2 Å². The molecule has 35 heavy (non-hydrogen) atoms. The van der Waals surface area contributed by atoms with Gasteiger partial charge in [-0.2, -0.15) is 0 Å². The van der Waals surface area contributed by atoms with Gasteiger partial charge in [0.05, 0.1) is 6.61 Å². The fourth-order valence-corrected chi connectivity index (χ4v) is 3.77. The third kappa shape index (κ3) is 9.51. The minimum atomic E-state index is -1.25. The summed E-state index contributed by atoms with van der Waals surface area (Å²) in [6.45, 7) is 14.8. The first-order valence-corrected chi connectivity index (χ1v) is 12.6. The van der Waals surface area contributed by atoms with Crippen molar-refractivity contribution in [3.05, 3.63) is 34.9 Å². The summed E-state index contributed by atoms with van der Waals surface area (Å²) in [6.07, 6.45) is 2.65. The van der Waals surface area contributed by atoms with Crippen LogP contribution in [0.15, 0.2) is 18.2 Å². The van der Waals surface area contributed by atoms with E-state index in [-0.39, 0.29) is 11.9 Å². The molecular formula is C27H45N3O5. The molecule has 8 heteroatoms. The number of aliphatic hydroxyl groups excluding tert-OH is 1. The van der Waals surface area contributed by atoms with E-state index in [0.29, 0.717) is 13.0 Å². The fraction of sp³-hybridized carbons (Fsp3) is 0.667. The van der Waals surface area contributed by atoms with Crippen LogP contribution >= 0.6 is 0 Å². The van der Waals surface area contributed by atoms with Crippen molar-refractivity contribution in [3.8, 4) is 0 Å². The average molecular weight is 492 g/mol. The third-order valence-electron chi connectivity index (χ3n) is 5.83. The summed E-state index contributed by atoms with van der Waals surface area (Å²) in [5, 5.41) is 15.5. The van der Waals surface area contributed by atoms with E-state index in [1.807, 2.05) is 45.9 Å². The average Bonchev–Trinajstić information content (AvgIpc) is 2.78. The number of rotatable bonds is 12. The molecule has 0 radical (unpaired) electrons. The lowest BCUT2D eigenvalue weighted by atomic mass is 9.94. The standard InChI is InChI=1S/C27H45N3O5/c1-9-11-12-15-28-24(32)23(21-16-18(3)13-14-19(21)4)30(20(5)10-2)25(33)22(17-31)29-26(34)35-27(6,7)8/h13-14,16,20,22-23,31H,9-12,15,17H2,1-8H3,(H,28,32)(H,29,34). The molecule has 0 bridgehead atoms. The molecule has 3 N–H and O–H groups in total. The first-order valence-electron chi connectivity index (χ1n) is 12.6. The van der Waals surface area contributed by atoms with Crippen LogP contribution in [-0.2, 0) is 14.3 Å². The molecule has 8 nitrogen and oxygen atoms in total. The van der Waals surface area contributed by atoms with Crippen LogP contribution in [0, 0.1) is 13.8 Å². The van der Waals surface area contributed by atoms with Gasteiger partial charge in [0.2, 0.25) is 11.8 Å². The number of ether oxygens (including phenoxy) is 1. The first kappa shape index (κ1) is 30.4. The Balaban J connectivity index is 3.44. The molecule has 0 aliphatic carbocycles. The summed E-state index contributed by atoms with van der Waals surface area (Å²) in [5.74, 6) is -0.820. The van der Waals surface area contributed by atoms with Crippen LogP contribution in [0.25, 0.3) is 0 Å². The SMILES string of the molecule is CCCCCNC(=O)C(c1cc(C)ccc1C)N(C(=O)C(CO)NC(=O)OC(C)(C)C)C(C)CC. The highest BCUT2D eigenvalue weighted by Crippen LogP contribution is 2.29. The second kappa shape index (κ2) is 14.1. The molecule has 0 saturated heterocycles. The zero-order valence-electron chi connectivity index (χ0n) is 22.7. The number of carbonyl (C=O) groups excluding carboxylic acids is 3. The van der Waals surface area contributed by atoms with Gasteiger partial charge in [0, 0.05) is 12.6 Å². The maximum atomic E-state index is 13.8. The molecule has 0 aliphatic rings. The molecule has 0 spiro atoms. The molecule has 1 aromatic rings. The van der Waals surface area contributed by atoms with Gasteiger partial charge in [0.15, 0.2) is 0 Å². The third-order valence-corrected chi connectivity index (χ3v) is 5.83. The van der Waals surface area contributed by atoms with Crippen molar-refractivity contribution in [3.63, 3.8) is 0 Å². The second-order valence-corrected chi connectivity index (χ2v) is 10.1. The maximum Gasteiger partial charge on any atom is 0.408 e. The number of hydrogen-bond donors (Lipinski definition) is 3. The van der Waals surface area contributed by atoms with Crippen molar-refractivity contribution in [1.82, 2.24) is 15.5 Å². The minimum Gasteiger partial charge on any atom is -0.444 e. The van der Waals surface area contributed by atoms with Crippen molar-refractivity contribution >= 4 is 17.9 Å². The number of aliphatic hydroxyl groups is 1. The number of nitrogens with zero attached hydrogens (tertiary/aromatic N) is 1. The van der Waals surface area contributed by atoms with Crippen molar-refractivity contribution in [2.24, 2.45) is 0 Å². The van der Waals surface area contributed by atoms with E-state index in [4.69, 9.17) is 4.74 Å². The first-order chi connectivity index (χ1) is 16.4. The van der Waals surface area contributed by atoms with Crippen LogP contribution < -0.4 is 10.6 Å². The van der Waals surface area contributed by atoms with Crippen molar-refractivity contribution in [2.45, 2.75) is 105 Å². The zero-order valence-corrected chi connectivity index (χ0v) is 22.7. The molecule has 0 heterocycles. The predicted molar refractivity (Wildman–Crippen MR) is 138 cm³/mol. The number of hydrogen-bond acceptors (Lipinski definition) is 5. The van der Waals surface area contributed by atoms with Crippen LogP contribution in [-0.4, -0.2) is 58.8 Å². The Morgan fingerprint density at radius 1 is 1.11 bits per heavy atom. The summed E-state index contributed by atoms with van der Waals surface area (Å²) in [5.41, 5.74) is 1.81. The van der Waals surface area contributed by atoms with Crippen LogP contribution in [0.3, 0.4) is 0 Å². The normalized spacial score (nSPS) is 14.0. The summed E-state index contributed by atoms with van der Waals surface area (Å²) in [6, 6.07) is 3.33. The lowest BCUT2D eigenvalue weighted by Gasteiger charge is -2.38. The number of alkyl carbamates (subject to hydrolysis) is 1. The largest absolute Gasteiger partial charge is 0.444 e. The molecule has 0 aromatic heterocycles. The van der Waals surface area contributed by atoms with Gasteiger partial charge in [0.1, 0.15) is 17.7 Å². The van der Waals surface area contributed by atoms with E-state index in [0.717, 1.165) is 36.0 Å². The Hall–Kier alpha value is -2.61. The molecule has 0 saturated carbocycles. The Morgan fingerprint density at radius 2 is 1.77 bits per heavy atom. The number of amides is 3. The number of aryl methyl sites for hydroxylation is 2. The second-order valence-electron chi connectivity index (χ2n) is 10.1. The smallest absolute Gasteiger partial charge is 0.408 e. The Kier molecular flexibility index (Phi) is 12.2. The molecule has 3 amide bonds. The van der Waals surface area contributed by atoms with Crippen molar-refractivity contribution in [1.29, 1.82) is 0 Å². The molecule has 0 fully saturated rings. The van der Waals surface area contributed by atoms with E-state index < -0.39 is 36.3 Å². The minimum absolute atomic E-state index is 0.280. The van der Waals surface area contributed by atoms with Crippen LogP contribution in [0.2, 0.25) is 0 Å². The van der Waals surface area contributed by atoms with Crippen LogP contribution in [0.5, 0.6) is 0 Å². The van der Waals surface area contributed by atoms with Crippen LogP contribution in [0.4, 0.5) is 4.79 Å². The molecule has 198 valence electrons. The fourth-order valence-electron chi connectivity index (χ4n) is 3.77. The maximum absolute atomic E-state index is 13.8. The van der Waals surface area contributed by atoms with E-state index >= 15 is 0 Å². The number of nitrogens with one attached hydrogen (secondary N) is 2. The van der Waals surface area contributed by atoms with E-state index in [2.05, 4.69) is 17.6 Å². The molecule has 1 aromatic carbocycles. The van der Waals surface area contributed by atoms with Gasteiger partial charge < -0.3 is 25.4 Å². The van der Waals surface area contributed by atoms with E-state index in [9.17, 15) is 19.5 Å². The van der Waals surface area contributed by atoms with E-state index in [1.165, 1.54) is 4.90 Å². The van der Waals surface area contributed by atoms with E-state index in [1.54, 1.807) is 20.8 Å². The summed E-state index contributed by atoms with van der Waals surface area (Å²) < 4.78 is 5.28. The lowest BCUT2D eigenvalue weighted by Crippen LogP contribution is -2.56. The van der Waals surface area contributed by atoms with Crippen LogP contribution in [0.1, 0.15) is 90.0 Å². The molecule has 1 rings (SSSR count). The topological polar surface area (TPSA) is 108 Å². The zero-order chi connectivity index (χ0) is 26.8. The highest BCUT2D eigenvalue weighted by atomic mass is 16.6. The van der Waals surface area contributed by atoms with Gasteiger partial charge in [-0.15, -0.1) is 0 Å². The van der Waals surface area contributed by atoms with Gasteiger partial charge in [-0.3, -0.25) is 9.59 Å². The van der Waals surface area contributed by atoms with Gasteiger partial charge >= 0.3 is 6.09 Å². The van der Waals surface area contributed by atoms with Gasteiger partial charge in [-0.1, -0.05) is 50.5 Å². The predicted octanol–water partition coefficient (Wildman–Crippen LogP) is 4.16. The summed E-state index contributed by atoms with van der Waals surface area (Å²) in [7, 11) is 0. The quantitative estimate of drug-likeness (QED) is 0.381. The highest BCUT2D eigenvalue weighted by Gasteiger charge is 2.38. The monoisotopic (exact) mass is 491 g/mol. The van der Waals surface area contributed by atoms with Gasteiger partial charge in [0.25, 0.3) is 0 Å². The summed E-state index contributed by atoms with van der Waals surface area (Å²) >= 11 is 0. The number of carbonyl (C=O) groups is 3. The Bertz CT molecular complexity index is 850.